The molecule has 156 valence electrons. The van der Waals surface area contributed by atoms with Crippen LogP contribution in [0.15, 0.2) is 84.9 Å². The number of benzene rings is 3. The minimum absolute atomic E-state index is 0.0356. The Labute approximate surface area is 183 Å². The van der Waals surface area contributed by atoms with Gasteiger partial charge in [-0.2, -0.15) is 0 Å². The molecule has 4 heteroatoms. The lowest BCUT2D eigenvalue weighted by Gasteiger charge is -2.46. The maximum Gasteiger partial charge on any atom is 0.239 e. The minimum Gasteiger partial charge on any atom is -0.463 e. The third-order valence-electron chi connectivity index (χ3n) is 6.47. The van der Waals surface area contributed by atoms with E-state index in [0.717, 1.165) is 22.6 Å². The van der Waals surface area contributed by atoms with Crippen molar-refractivity contribution in [3.63, 3.8) is 0 Å². The number of ether oxygens (including phenoxy) is 1. The number of nitrogens with one attached hydrogen (secondary N) is 1. The van der Waals surface area contributed by atoms with Crippen molar-refractivity contribution in [1.29, 1.82) is 0 Å². The number of carbonyl (C=O) groups excluding carboxylic acids is 1. The SMILES string of the molecule is CC1(C)c2ccccc2N(CC(=O)NCc2ccccc2)[C@@]12C=Cc1ccccc1O2. The van der Waals surface area contributed by atoms with Gasteiger partial charge in [-0.15, -0.1) is 0 Å². The van der Waals surface area contributed by atoms with Crippen molar-refractivity contribution in [3.05, 3.63) is 102 Å². The van der Waals surface area contributed by atoms with Crippen LogP contribution in [0.25, 0.3) is 6.08 Å². The third kappa shape index (κ3) is 3.10. The van der Waals surface area contributed by atoms with Crippen LogP contribution in [0, 0.1) is 0 Å². The number of rotatable bonds is 4. The summed E-state index contributed by atoms with van der Waals surface area (Å²) in [7, 11) is 0. The molecule has 2 aliphatic heterocycles. The summed E-state index contributed by atoms with van der Waals surface area (Å²) >= 11 is 0. The molecular weight excluding hydrogens is 384 g/mol. The molecule has 0 radical (unpaired) electrons. The van der Waals surface area contributed by atoms with Crippen molar-refractivity contribution in [2.45, 2.75) is 31.5 Å². The molecule has 1 N–H and O–H groups in total. The zero-order valence-electron chi connectivity index (χ0n) is 17.8. The lowest BCUT2D eigenvalue weighted by molar-refractivity contribution is -0.120. The van der Waals surface area contributed by atoms with Gasteiger partial charge < -0.3 is 15.0 Å². The third-order valence-corrected chi connectivity index (χ3v) is 6.47. The molecule has 0 saturated carbocycles. The number of anilines is 1. The summed E-state index contributed by atoms with van der Waals surface area (Å²) in [5, 5.41) is 3.06. The predicted molar refractivity (Wildman–Crippen MR) is 124 cm³/mol. The Kier molecular flexibility index (Phi) is 4.58. The molecule has 0 bridgehead atoms. The number of para-hydroxylation sites is 2. The molecule has 3 aromatic rings. The summed E-state index contributed by atoms with van der Waals surface area (Å²) < 4.78 is 6.71. The van der Waals surface area contributed by atoms with Gasteiger partial charge >= 0.3 is 0 Å². The molecule has 5 rings (SSSR count). The second-order valence-corrected chi connectivity index (χ2v) is 8.66. The van der Waals surface area contributed by atoms with Crippen molar-refractivity contribution in [2.75, 3.05) is 11.4 Å². The molecule has 0 saturated heterocycles. The van der Waals surface area contributed by atoms with Gasteiger partial charge in [-0.05, 0) is 49.3 Å². The van der Waals surface area contributed by atoms with Crippen molar-refractivity contribution in [2.24, 2.45) is 0 Å². The summed E-state index contributed by atoms with van der Waals surface area (Å²) in [6, 6.07) is 26.3. The smallest absolute Gasteiger partial charge is 0.239 e. The molecule has 0 fully saturated rings. The zero-order valence-corrected chi connectivity index (χ0v) is 17.8. The maximum absolute atomic E-state index is 13.0. The number of carbonyl (C=O) groups is 1. The van der Waals surface area contributed by atoms with Crippen LogP contribution in [0.2, 0.25) is 0 Å². The number of hydrogen-bond acceptors (Lipinski definition) is 3. The first-order chi connectivity index (χ1) is 15.0. The van der Waals surface area contributed by atoms with Gasteiger partial charge in [-0.1, -0.05) is 66.7 Å². The van der Waals surface area contributed by atoms with Crippen LogP contribution >= 0.6 is 0 Å². The number of nitrogens with zero attached hydrogens (tertiary/aromatic N) is 1. The summed E-state index contributed by atoms with van der Waals surface area (Å²) in [6.07, 6.45) is 4.22. The Morgan fingerprint density at radius 3 is 2.48 bits per heavy atom. The molecule has 31 heavy (non-hydrogen) atoms. The van der Waals surface area contributed by atoms with Gasteiger partial charge in [-0.3, -0.25) is 4.79 Å². The molecule has 1 amide bonds. The van der Waals surface area contributed by atoms with E-state index in [2.05, 4.69) is 48.3 Å². The van der Waals surface area contributed by atoms with Gasteiger partial charge in [0.05, 0.1) is 5.41 Å². The number of fused-ring (bicyclic) bond motifs is 2. The van der Waals surface area contributed by atoms with Gasteiger partial charge in [0.1, 0.15) is 12.3 Å². The molecule has 2 aliphatic rings. The monoisotopic (exact) mass is 410 g/mol. The summed E-state index contributed by atoms with van der Waals surface area (Å²) in [5.41, 5.74) is 3.20. The zero-order chi connectivity index (χ0) is 21.5. The summed E-state index contributed by atoms with van der Waals surface area (Å²) in [4.78, 5) is 15.1. The second-order valence-electron chi connectivity index (χ2n) is 8.66. The number of amides is 1. The Morgan fingerprint density at radius 1 is 0.935 bits per heavy atom. The fourth-order valence-corrected chi connectivity index (χ4v) is 4.74. The first kappa shape index (κ1) is 19.4. The van der Waals surface area contributed by atoms with E-state index in [1.54, 1.807) is 0 Å². The van der Waals surface area contributed by atoms with E-state index in [-0.39, 0.29) is 17.9 Å². The topological polar surface area (TPSA) is 41.6 Å². The van der Waals surface area contributed by atoms with Crippen LogP contribution in [-0.4, -0.2) is 18.2 Å². The lowest BCUT2D eigenvalue weighted by atomic mass is 9.76. The average molecular weight is 411 g/mol. The minimum atomic E-state index is -0.783. The van der Waals surface area contributed by atoms with Crippen molar-refractivity contribution < 1.29 is 9.53 Å². The molecule has 0 unspecified atom stereocenters. The maximum atomic E-state index is 13.0. The van der Waals surface area contributed by atoms with Gasteiger partial charge in [0, 0.05) is 17.8 Å². The molecule has 1 atom stereocenters. The fourth-order valence-electron chi connectivity index (χ4n) is 4.74. The van der Waals surface area contributed by atoms with Gasteiger partial charge in [0.2, 0.25) is 11.6 Å². The van der Waals surface area contributed by atoms with Crippen LogP contribution in [-0.2, 0) is 16.8 Å². The van der Waals surface area contributed by atoms with Gasteiger partial charge in [0.25, 0.3) is 0 Å². The Bertz CT molecular complexity index is 1150. The molecular formula is C27H26N2O2. The molecule has 0 aliphatic carbocycles. The van der Waals surface area contributed by atoms with Crippen molar-refractivity contribution in [3.8, 4) is 5.75 Å². The van der Waals surface area contributed by atoms with Crippen LogP contribution < -0.4 is 15.0 Å². The van der Waals surface area contributed by atoms with Crippen molar-refractivity contribution >= 4 is 17.7 Å². The predicted octanol–water partition coefficient (Wildman–Crippen LogP) is 4.90. The highest BCUT2D eigenvalue weighted by molar-refractivity contribution is 5.84. The highest BCUT2D eigenvalue weighted by atomic mass is 16.5. The van der Waals surface area contributed by atoms with Crippen LogP contribution in [0.1, 0.15) is 30.5 Å². The van der Waals surface area contributed by atoms with Gasteiger partial charge in [-0.25, -0.2) is 0 Å². The highest BCUT2D eigenvalue weighted by Crippen LogP contribution is 2.54. The van der Waals surface area contributed by atoms with E-state index >= 15 is 0 Å². The van der Waals surface area contributed by atoms with E-state index in [4.69, 9.17) is 4.74 Å². The van der Waals surface area contributed by atoms with E-state index < -0.39 is 5.72 Å². The Morgan fingerprint density at radius 2 is 1.65 bits per heavy atom. The lowest BCUT2D eigenvalue weighted by Crippen LogP contribution is -2.61. The highest BCUT2D eigenvalue weighted by Gasteiger charge is 2.59. The largest absolute Gasteiger partial charge is 0.463 e. The Balaban J connectivity index is 1.49. The summed E-state index contributed by atoms with van der Waals surface area (Å²) in [6.45, 7) is 5.09. The van der Waals surface area contributed by atoms with Crippen LogP contribution in [0.5, 0.6) is 5.75 Å². The molecule has 2 heterocycles. The van der Waals surface area contributed by atoms with Crippen molar-refractivity contribution in [1.82, 2.24) is 5.32 Å². The summed E-state index contributed by atoms with van der Waals surface area (Å²) in [5.74, 6) is 0.798. The molecule has 3 aromatic carbocycles. The first-order valence-electron chi connectivity index (χ1n) is 10.7. The van der Waals surface area contributed by atoms with E-state index in [0.29, 0.717) is 6.54 Å². The van der Waals surface area contributed by atoms with Crippen LogP contribution in [0.4, 0.5) is 5.69 Å². The second kappa shape index (κ2) is 7.31. The quantitative estimate of drug-likeness (QED) is 0.665. The van der Waals surface area contributed by atoms with Gasteiger partial charge in [0.15, 0.2) is 0 Å². The van der Waals surface area contributed by atoms with E-state index in [1.165, 1.54) is 5.56 Å². The molecule has 0 aromatic heterocycles. The molecule has 4 nitrogen and oxygen atoms in total. The average Bonchev–Trinajstić information content (AvgIpc) is 2.97. The number of hydrogen-bond donors (Lipinski definition) is 1. The first-order valence-corrected chi connectivity index (χ1v) is 10.7. The van der Waals surface area contributed by atoms with Crippen LogP contribution in [0.3, 0.4) is 0 Å². The van der Waals surface area contributed by atoms with E-state index in [1.807, 2.05) is 66.7 Å². The Hall–Kier alpha value is -3.53. The standard InChI is InChI=1S/C27H26N2O2/c1-26(2)22-13-7-8-14-23(22)29(19-25(30)28-18-20-10-4-3-5-11-20)27(26)17-16-21-12-6-9-15-24(21)31-27/h3-17H,18-19H2,1-2H3,(H,28,30)/t27-/m1/s1. The normalized spacial score (nSPS) is 20.1. The van der Waals surface area contributed by atoms with E-state index in [9.17, 15) is 4.79 Å². The fraction of sp³-hybridized carbons (Fsp3) is 0.222. The molecule has 1 spiro atoms.